The van der Waals surface area contributed by atoms with Crippen molar-refractivity contribution in [2.45, 2.75) is 0 Å². The van der Waals surface area contributed by atoms with E-state index >= 15 is 0 Å². The monoisotopic (exact) mass is 191 g/mol. The van der Waals surface area contributed by atoms with E-state index in [1.165, 1.54) is 11.8 Å². The van der Waals surface area contributed by atoms with E-state index in [4.69, 9.17) is 10.5 Å². The van der Waals surface area contributed by atoms with Crippen molar-refractivity contribution in [3.05, 3.63) is 24.4 Å². The summed E-state index contributed by atoms with van der Waals surface area (Å²) in [6.07, 6.45) is 1.66. The van der Waals surface area contributed by atoms with Crippen molar-refractivity contribution in [3.63, 3.8) is 0 Å². The minimum atomic E-state index is 0.230. The van der Waals surface area contributed by atoms with Crippen LogP contribution in [0.4, 0.5) is 5.95 Å². The highest BCUT2D eigenvalue weighted by atomic mass is 16.5. The largest absolute Gasteiger partial charge is 0.466 e. The summed E-state index contributed by atoms with van der Waals surface area (Å²) in [4.78, 5) is 7.96. The van der Waals surface area contributed by atoms with E-state index < -0.39 is 0 Å². The fourth-order valence-corrected chi connectivity index (χ4v) is 1.04. The second kappa shape index (κ2) is 3.33. The standard InChI is InChI=1S/C8H9N5O/c1-14-8-11-7(9)13(12-8)6-4-2-3-5-10-6/h2-5H,1H3,(H2,9,11,12). The number of aromatic nitrogens is 4. The highest BCUT2D eigenvalue weighted by Crippen LogP contribution is 2.11. The maximum atomic E-state index is 5.62. The molecule has 0 atom stereocenters. The van der Waals surface area contributed by atoms with E-state index in [1.807, 2.05) is 12.1 Å². The molecule has 72 valence electrons. The highest BCUT2D eigenvalue weighted by molar-refractivity contribution is 5.31. The molecule has 0 aliphatic heterocycles. The van der Waals surface area contributed by atoms with Crippen molar-refractivity contribution in [2.75, 3.05) is 12.8 Å². The van der Waals surface area contributed by atoms with Crippen LogP contribution in [-0.2, 0) is 0 Å². The Bertz CT molecular complexity index is 425. The summed E-state index contributed by atoms with van der Waals surface area (Å²) in [7, 11) is 1.48. The summed E-state index contributed by atoms with van der Waals surface area (Å²) in [6, 6.07) is 5.67. The summed E-state index contributed by atoms with van der Waals surface area (Å²) < 4.78 is 6.26. The maximum Gasteiger partial charge on any atom is 0.337 e. The van der Waals surface area contributed by atoms with Gasteiger partial charge in [-0.05, 0) is 12.1 Å². The van der Waals surface area contributed by atoms with Gasteiger partial charge in [0.25, 0.3) is 0 Å². The number of hydrogen-bond acceptors (Lipinski definition) is 5. The first-order chi connectivity index (χ1) is 6.81. The molecule has 0 aromatic carbocycles. The molecule has 0 fully saturated rings. The molecule has 0 radical (unpaired) electrons. The van der Waals surface area contributed by atoms with Gasteiger partial charge in [0, 0.05) is 6.20 Å². The van der Waals surface area contributed by atoms with E-state index in [2.05, 4.69) is 15.1 Å². The number of hydrogen-bond donors (Lipinski definition) is 1. The van der Waals surface area contributed by atoms with E-state index in [9.17, 15) is 0 Å². The van der Waals surface area contributed by atoms with Crippen molar-refractivity contribution >= 4 is 5.95 Å². The van der Waals surface area contributed by atoms with E-state index in [0.29, 0.717) is 5.82 Å². The summed E-state index contributed by atoms with van der Waals surface area (Å²) >= 11 is 0. The second-order valence-electron chi connectivity index (χ2n) is 2.56. The van der Waals surface area contributed by atoms with Gasteiger partial charge in [-0.1, -0.05) is 6.07 Å². The first-order valence-electron chi connectivity index (χ1n) is 3.99. The van der Waals surface area contributed by atoms with E-state index in [0.717, 1.165) is 0 Å². The van der Waals surface area contributed by atoms with Crippen molar-refractivity contribution in [1.82, 2.24) is 19.7 Å². The van der Waals surface area contributed by atoms with Gasteiger partial charge in [-0.25, -0.2) is 4.98 Å². The van der Waals surface area contributed by atoms with Crippen LogP contribution in [0.15, 0.2) is 24.4 Å². The number of anilines is 1. The van der Waals surface area contributed by atoms with Gasteiger partial charge in [0.1, 0.15) is 0 Å². The van der Waals surface area contributed by atoms with Gasteiger partial charge >= 0.3 is 6.01 Å². The van der Waals surface area contributed by atoms with Crippen LogP contribution >= 0.6 is 0 Å². The molecule has 0 unspecified atom stereocenters. The summed E-state index contributed by atoms with van der Waals surface area (Å²) in [5.41, 5.74) is 5.62. The van der Waals surface area contributed by atoms with Gasteiger partial charge in [0.15, 0.2) is 5.82 Å². The number of nitrogens with zero attached hydrogens (tertiary/aromatic N) is 4. The molecule has 0 spiro atoms. The quantitative estimate of drug-likeness (QED) is 0.736. The Labute approximate surface area is 80.4 Å². The van der Waals surface area contributed by atoms with E-state index in [-0.39, 0.29) is 12.0 Å². The second-order valence-corrected chi connectivity index (χ2v) is 2.56. The number of methoxy groups -OCH3 is 1. The van der Waals surface area contributed by atoms with E-state index in [1.54, 1.807) is 12.3 Å². The van der Waals surface area contributed by atoms with Crippen molar-refractivity contribution in [1.29, 1.82) is 0 Å². The Balaban J connectivity index is 2.46. The number of nitrogen functional groups attached to an aromatic ring is 1. The van der Waals surface area contributed by atoms with Gasteiger partial charge in [0.2, 0.25) is 5.95 Å². The van der Waals surface area contributed by atoms with Crippen LogP contribution < -0.4 is 10.5 Å². The number of rotatable bonds is 2. The summed E-state index contributed by atoms with van der Waals surface area (Å²) in [5, 5.41) is 3.99. The third kappa shape index (κ3) is 1.37. The lowest BCUT2D eigenvalue weighted by atomic mass is 10.5. The smallest absolute Gasteiger partial charge is 0.337 e. The molecule has 2 aromatic rings. The zero-order valence-electron chi connectivity index (χ0n) is 7.58. The third-order valence-corrected chi connectivity index (χ3v) is 1.66. The molecular weight excluding hydrogens is 182 g/mol. The predicted molar refractivity (Wildman–Crippen MR) is 50.1 cm³/mol. The zero-order chi connectivity index (χ0) is 9.97. The minimum absolute atomic E-state index is 0.230. The molecule has 2 rings (SSSR count). The van der Waals surface area contributed by atoms with Gasteiger partial charge in [0.05, 0.1) is 7.11 Å². The molecule has 0 aliphatic rings. The highest BCUT2D eigenvalue weighted by Gasteiger charge is 2.08. The molecule has 0 saturated heterocycles. The Morgan fingerprint density at radius 3 is 2.86 bits per heavy atom. The molecule has 0 amide bonds. The van der Waals surface area contributed by atoms with Crippen LogP contribution in [0.1, 0.15) is 0 Å². The van der Waals surface area contributed by atoms with Crippen LogP contribution in [-0.4, -0.2) is 26.9 Å². The fourth-order valence-electron chi connectivity index (χ4n) is 1.04. The summed E-state index contributed by atoms with van der Waals surface area (Å²) in [5.74, 6) is 0.862. The average Bonchev–Trinajstić information content (AvgIpc) is 2.61. The minimum Gasteiger partial charge on any atom is -0.466 e. The molecule has 2 aromatic heterocycles. The lowest BCUT2D eigenvalue weighted by molar-refractivity contribution is 0.379. The normalized spacial score (nSPS) is 10.1. The van der Waals surface area contributed by atoms with Crippen LogP contribution in [0.5, 0.6) is 6.01 Å². The SMILES string of the molecule is COc1nc(N)n(-c2ccccn2)n1. The molecule has 0 bridgehead atoms. The number of nitrogens with two attached hydrogens (primary N) is 1. The predicted octanol–water partition coefficient (Wildman–Crippen LogP) is 0.253. The zero-order valence-corrected chi connectivity index (χ0v) is 7.58. The molecule has 0 aliphatic carbocycles. The molecule has 6 nitrogen and oxygen atoms in total. The molecule has 0 saturated carbocycles. The Morgan fingerprint density at radius 1 is 1.43 bits per heavy atom. The van der Waals surface area contributed by atoms with Gasteiger partial charge in [-0.2, -0.15) is 9.67 Å². The van der Waals surface area contributed by atoms with Crippen molar-refractivity contribution in [2.24, 2.45) is 0 Å². The Hall–Kier alpha value is -2.11. The maximum absolute atomic E-state index is 5.62. The van der Waals surface area contributed by atoms with Crippen molar-refractivity contribution in [3.8, 4) is 11.8 Å². The Kier molecular flexibility index (Phi) is 2.02. The Morgan fingerprint density at radius 2 is 2.29 bits per heavy atom. The lowest BCUT2D eigenvalue weighted by Gasteiger charge is -1.98. The first kappa shape index (κ1) is 8.49. The molecule has 14 heavy (non-hydrogen) atoms. The van der Waals surface area contributed by atoms with Gasteiger partial charge in [-0.15, -0.1) is 5.10 Å². The van der Waals surface area contributed by atoms with Crippen LogP contribution in [0, 0.1) is 0 Å². The third-order valence-electron chi connectivity index (χ3n) is 1.66. The number of ether oxygens (including phenoxy) is 1. The average molecular weight is 191 g/mol. The summed E-state index contributed by atoms with van der Waals surface area (Å²) in [6.45, 7) is 0. The number of pyridine rings is 1. The van der Waals surface area contributed by atoms with Crippen molar-refractivity contribution < 1.29 is 4.74 Å². The van der Waals surface area contributed by atoms with Gasteiger partial charge < -0.3 is 10.5 Å². The topological polar surface area (TPSA) is 78.9 Å². The van der Waals surface area contributed by atoms with Crippen LogP contribution in [0.2, 0.25) is 0 Å². The lowest BCUT2D eigenvalue weighted by Crippen LogP contribution is -2.03. The molecule has 2 heterocycles. The van der Waals surface area contributed by atoms with Crippen LogP contribution in [0.25, 0.3) is 5.82 Å². The molecular formula is C8H9N5O. The molecule has 2 N–H and O–H groups in total. The molecule has 6 heteroatoms. The fraction of sp³-hybridized carbons (Fsp3) is 0.125. The van der Waals surface area contributed by atoms with Crippen LogP contribution in [0.3, 0.4) is 0 Å². The first-order valence-corrected chi connectivity index (χ1v) is 3.99. The van der Waals surface area contributed by atoms with Gasteiger partial charge in [-0.3, -0.25) is 0 Å².